The number of furan rings is 1. The Morgan fingerprint density at radius 1 is 0.969 bits per heavy atom. The van der Waals surface area contributed by atoms with Crippen LogP contribution in [0.3, 0.4) is 0 Å². The van der Waals surface area contributed by atoms with Crippen LogP contribution in [0.5, 0.6) is 11.5 Å². The van der Waals surface area contributed by atoms with Crippen LogP contribution in [0.15, 0.2) is 59.0 Å². The van der Waals surface area contributed by atoms with Crippen molar-refractivity contribution in [1.82, 2.24) is 20.1 Å². The number of para-hydroxylation sites is 1. The summed E-state index contributed by atoms with van der Waals surface area (Å²) in [6.07, 6.45) is 0. The summed E-state index contributed by atoms with van der Waals surface area (Å²) < 4.78 is 18.8. The van der Waals surface area contributed by atoms with Crippen molar-refractivity contribution in [2.24, 2.45) is 0 Å². The van der Waals surface area contributed by atoms with Gasteiger partial charge in [-0.15, -0.1) is 10.2 Å². The van der Waals surface area contributed by atoms with Gasteiger partial charge in [0.05, 0.1) is 20.8 Å². The van der Waals surface area contributed by atoms with E-state index < -0.39 is 0 Å². The first kappa shape index (κ1) is 21.2. The summed E-state index contributed by atoms with van der Waals surface area (Å²) in [5.74, 6) is 3.19. The van der Waals surface area contributed by atoms with Gasteiger partial charge in [0, 0.05) is 5.56 Å². The molecule has 2 aromatic carbocycles. The molecule has 8 heteroatoms. The summed E-state index contributed by atoms with van der Waals surface area (Å²) in [6.45, 7) is 3.97. The number of aromatic nitrogens is 3. The average molecular weight is 432 g/mol. The maximum Gasteiger partial charge on any atom is 0.251 e. The first-order valence-electron chi connectivity index (χ1n) is 10.1. The summed E-state index contributed by atoms with van der Waals surface area (Å²) in [7, 11) is 3.16. The zero-order valence-corrected chi connectivity index (χ0v) is 18.4. The lowest BCUT2D eigenvalue weighted by Crippen LogP contribution is -2.24. The highest BCUT2D eigenvalue weighted by atomic mass is 16.5. The number of nitrogens with one attached hydrogen (secondary N) is 1. The van der Waals surface area contributed by atoms with E-state index in [-0.39, 0.29) is 12.5 Å². The molecule has 4 rings (SSSR count). The van der Waals surface area contributed by atoms with Crippen LogP contribution in [0.1, 0.15) is 27.5 Å². The average Bonchev–Trinajstić information content (AvgIpc) is 3.43. The topological polar surface area (TPSA) is 91.4 Å². The highest BCUT2D eigenvalue weighted by Crippen LogP contribution is 2.36. The smallest absolute Gasteiger partial charge is 0.251 e. The number of hydrogen-bond donors (Lipinski definition) is 1. The second kappa shape index (κ2) is 8.97. The third-order valence-electron chi connectivity index (χ3n) is 5.04. The molecule has 1 N–H and O–H groups in total. The van der Waals surface area contributed by atoms with E-state index in [1.165, 1.54) is 0 Å². The van der Waals surface area contributed by atoms with Crippen LogP contribution in [0.2, 0.25) is 0 Å². The van der Waals surface area contributed by atoms with Crippen LogP contribution in [0.4, 0.5) is 0 Å². The summed E-state index contributed by atoms with van der Waals surface area (Å²) >= 11 is 0. The SMILES string of the molecule is COc1cccc(OC)c1-n1c(CNC(=O)c2ccc(C)cc2)nnc1-c1ccc(C)o1. The molecule has 0 atom stereocenters. The van der Waals surface area contributed by atoms with Crippen molar-refractivity contribution in [1.29, 1.82) is 0 Å². The van der Waals surface area contributed by atoms with Gasteiger partial charge in [0.15, 0.2) is 11.6 Å². The van der Waals surface area contributed by atoms with Crippen molar-refractivity contribution in [2.45, 2.75) is 20.4 Å². The Morgan fingerprint density at radius 2 is 1.66 bits per heavy atom. The standard InChI is InChI=1S/C24H24N4O4/c1-15-8-11-17(12-9-15)24(29)25-14-21-26-27-23(20-13-10-16(2)32-20)28(21)22-18(30-3)6-5-7-19(22)31-4/h5-13H,14H2,1-4H3,(H,25,29). The fraction of sp³-hybridized carbons (Fsp3) is 0.208. The maximum atomic E-state index is 12.7. The van der Waals surface area contributed by atoms with Gasteiger partial charge in [0.25, 0.3) is 5.91 Å². The first-order chi connectivity index (χ1) is 15.5. The molecule has 0 unspecified atom stereocenters. The van der Waals surface area contributed by atoms with Gasteiger partial charge in [-0.05, 0) is 50.2 Å². The second-order valence-corrected chi connectivity index (χ2v) is 7.25. The fourth-order valence-electron chi connectivity index (χ4n) is 3.40. The van der Waals surface area contributed by atoms with Crippen LogP contribution >= 0.6 is 0 Å². The minimum Gasteiger partial charge on any atom is -0.494 e. The minimum atomic E-state index is -0.207. The summed E-state index contributed by atoms with van der Waals surface area (Å²) in [5, 5.41) is 11.6. The Hall–Kier alpha value is -4.07. The van der Waals surface area contributed by atoms with E-state index in [1.54, 1.807) is 30.9 Å². The molecule has 1 amide bonds. The van der Waals surface area contributed by atoms with Gasteiger partial charge >= 0.3 is 0 Å². The number of carbonyl (C=O) groups excluding carboxylic acids is 1. The molecule has 32 heavy (non-hydrogen) atoms. The zero-order chi connectivity index (χ0) is 22.7. The van der Waals surface area contributed by atoms with Crippen LogP contribution in [-0.2, 0) is 6.54 Å². The fourth-order valence-corrected chi connectivity index (χ4v) is 3.40. The molecule has 8 nitrogen and oxygen atoms in total. The lowest BCUT2D eigenvalue weighted by molar-refractivity contribution is 0.0949. The molecule has 2 heterocycles. The highest BCUT2D eigenvalue weighted by Gasteiger charge is 2.24. The van der Waals surface area contributed by atoms with E-state index in [1.807, 2.05) is 56.3 Å². The van der Waals surface area contributed by atoms with Crippen LogP contribution in [-0.4, -0.2) is 34.9 Å². The number of nitrogens with zero attached hydrogens (tertiary/aromatic N) is 3. The van der Waals surface area contributed by atoms with E-state index in [0.29, 0.717) is 40.2 Å². The molecule has 4 aromatic rings. The number of carbonyl (C=O) groups is 1. The van der Waals surface area contributed by atoms with Gasteiger partial charge in [-0.3, -0.25) is 9.36 Å². The molecule has 0 aliphatic rings. The van der Waals surface area contributed by atoms with Gasteiger partial charge in [-0.1, -0.05) is 23.8 Å². The number of hydrogen-bond acceptors (Lipinski definition) is 6. The lowest BCUT2D eigenvalue weighted by Gasteiger charge is -2.17. The predicted molar refractivity (Wildman–Crippen MR) is 119 cm³/mol. The Morgan fingerprint density at radius 3 is 2.25 bits per heavy atom. The summed E-state index contributed by atoms with van der Waals surface area (Å²) in [5.41, 5.74) is 2.27. The van der Waals surface area contributed by atoms with E-state index in [4.69, 9.17) is 13.9 Å². The monoisotopic (exact) mass is 432 g/mol. The van der Waals surface area contributed by atoms with Gasteiger partial charge in [0.2, 0.25) is 5.82 Å². The van der Waals surface area contributed by atoms with Crippen molar-refractivity contribution < 1.29 is 18.7 Å². The summed E-state index contributed by atoms with van der Waals surface area (Å²) in [6, 6.07) is 16.5. The Bertz CT molecular complexity index is 1220. The maximum absolute atomic E-state index is 12.7. The van der Waals surface area contributed by atoms with Crippen molar-refractivity contribution in [3.8, 4) is 28.8 Å². The number of amides is 1. The second-order valence-electron chi connectivity index (χ2n) is 7.25. The number of rotatable bonds is 7. The van der Waals surface area contributed by atoms with Crippen LogP contribution in [0.25, 0.3) is 17.3 Å². The van der Waals surface area contributed by atoms with Crippen molar-refractivity contribution in [3.63, 3.8) is 0 Å². The molecule has 0 aliphatic carbocycles. The van der Waals surface area contributed by atoms with Gasteiger partial charge in [-0.25, -0.2) is 0 Å². The third kappa shape index (κ3) is 4.07. The van der Waals surface area contributed by atoms with E-state index >= 15 is 0 Å². The molecule has 164 valence electrons. The molecule has 0 spiro atoms. The molecule has 0 bridgehead atoms. The molecule has 2 aromatic heterocycles. The highest BCUT2D eigenvalue weighted by molar-refractivity contribution is 5.94. The molecular formula is C24H24N4O4. The molecule has 0 saturated heterocycles. The number of benzene rings is 2. The predicted octanol–water partition coefficient (Wildman–Crippen LogP) is 4.09. The molecule has 0 radical (unpaired) electrons. The molecule has 0 saturated carbocycles. The zero-order valence-electron chi connectivity index (χ0n) is 18.4. The van der Waals surface area contributed by atoms with Crippen LogP contribution < -0.4 is 14.8 Å². The van der Waals surface area contributed by atoms with Crippen LogP contribution in [0, 0.1) is 13.8 Å². The number of methoxy groups -OCH3 is 2. The molecular weight excluding hydrogens is 408 g/mol. The largest absolute Gasteiger partial charge is 0.494 e. The van der Waals surface area contributed by atoms with E-state index in [0.717, 1.165) is 11.3 Å². The Kier molecular flexibility index (Phi) is 5.93. The Labute approximate surface area is 185 Å². The Balaban J connectivity index is 1.77. The normalized spacial score (nSPS) is 10.8. The number of ether oxygens (including phenoxy) is 2. The van der Waals surface area contributed by atoms with Crippen molar-refractivity contribution in [3.05, 3.63) is 77.3 Å². The lowest BCUT2D eigenvalue weighted by atomic mass is 10.1. The minimum absolute atomic E-state index is 0.139. The van der Waals surface area contributed by atoms with Gasteiger partial charge in [0.1, 0.15) is 22.9 Å². The summed E-state index contributed by atoms with van der Waals surface area (Å²) in [4.78, 5) is 12.7. The van der Waals surface area contributed by atoms with E-state index in [2.05, 4.69) is 15.5 Å². The number of aryl methyl sites for hydroxylation is 2. The molecule has 0 fully saturated rings. The van der Waals surface area contributed by atoms with Gasteiger partial charge < -0.3 is 19.2 Å². The molecule has 0 aliphatic heterocycles. The first-order valence-corrected chi connectivity index (χ1v) is 10.1. The van der Waals surface area contributed by atoms with E-state index in [9.17, 15) is 4.79 Å². The van der Waals surface area contributed by atoms with Crippen molar-refractivity contribution in [2.75, 3.05) is 14.2 Å². The van der Waals surface area contributed by atoms with Gasteiger partial charge in [-0.2, -0.15) is 0 Å². The quantitative estimate of drug-likeness (QED) is 0.473. The van der Waals surface area contributed by atoms with Crippen molar-refractivity contribution >= 4 is 5.91 Å². The third-order valence-corrected chi connectivity index (χ3v) is 5.04.